The van der Waals surface area contributed by atoms with Crippen molar-refractivity contribution in [1.29, 1.82) is 0 Å². The van der Waals surface area contributed by atoms with Gasteiger partial charge in [0.25, 0.3) is 5.91 Å². The first-order chi connectivity index (χ1) is 15.4. The van der Waals surface area contributed by atoms with Crippen molar-refractivity contribution in [3.8, 4) is 0 Å². The summed E-state index contributed by atoms with van der Waals surface area (Å²) in [6, 6.07) is 13.1. The Bertz CT molecular complexity index is 1180. The zero-order valence-electron chi connectivity index (χ0n) is 17.8. The van der Waals surface area contributed by atoms with E-state index in [-0.39, 0.29) is 11.8 Å². The first-order valence-electron chi connectivity index (χ1n) is 10.2. The maximum Gasteiger partial charge on any atom is 0.253 e. The molecule has 0 atom stereocenters. The van der Waals surface area contributed by atoms with E-state index in [2.05, 4.69) is 25.9 Å². The summed E-state index contributed by atoms with van der Waals surface area (Å²) in [7, 11) is 3.39. The van der Waals surface area contributed by atoms with Gasteiger partial charge in [-0.1, -0.05) is 29.8 Å². The molecule has 164 valence electrons. The second-order valence-electron chi connectivity index (χ2n) is 7.50. The van der Waals surface area contributed by atoms with Gasteiger partial charge in [0.1, 0.15) is 5.02 Å². The van der Waals surface area contributed by atoms with Gasteiger partial charge in [-0.25, -0.2) is 4.98 Å². The van der Waals surface area contributed by atoms with Gasteiger partial charge in [-0.05, 0) is 41.8 Å². The summed E-state index contributed by atoms with van der Waals surface area (Å²) < 4.78 is 0. The maximum atomic E-state index is 12.1. The maximum absolute atomic E-state index is 12.1. The number of hydrogen-bond acceptors (Lipinski definition) is 6. The van der Waals surface area contributed by atoms with Crippen LogP contribution in [0.3, 0.4) is 0 Å². The second-order valence-corrected chi connectivity index (χ2v) is 7.91. The summed E-state index contributed by atoms with van der Waals surface area (Å²) in [6.07, 6.45) is 2.75. The molecule has 0 saturated heterocycles. The molecular formula is C23H23ClN6O2. The summed E-state index contributed by atoms with van der Waals surface area (Å²) in [5.41, 5.74) is 4.12. The monoisotopic (exact) mass is 450 g/mol. The number of carbonyl (C=O) groups excluding carboxylic acids is 2. The molecule has 2 heterocycles. The lowest BCUT2D eigenvalue weighted by Crippen LogP contribution is -2.24. The third kappa shape index (κ3) is 4.65. The van der Waals surface area contributed by atoms with Gasteiger partial charge in [0.15, 0.2) is 5.82 Å². The van der Waals surface area contributed by atoms with Gasteiger partial charge in [0.05, 0.1) is 17.4 Å². The summed E-state index contributed by atoms with van der Waals surface area (Å²) in [6.45, 7) is 0.564. The minimum atomic E-state index is -0.218. The third-order valence-electron chi connectivity index (χ3n) is 5.30. The van der Waals surface area contributed by atoms with Gasteiger partial charge in [0, 0.05) is 32.7 Å². The van der Waals surface area contributed by atoms with E-state index < -0.39 is 0 Å². The molecule has 2 amide bonds. The number of nitrogens with zero attached hydrogens (tertiary/aromatic N) is 3. The predicted molar refractivity (Wildman–Crippen MR) is 125 cm³/mol. The Morgan fingerprint density at radius 3 is 2.72 bits per heavy atom. The molecule has 32 heavy (non-hydrogen) atoms. The van der Waals surface area contributed by atoms with Crippen LogP contribution in [-0.2, 0) is 17.8 Å². The van der Waals surface area contributed by atoms with Crippen molar-refractivity contribution in [3.63, 3.8) is 0 Å². The summed E-state index contributed by atoms with van der Waals surface area (Å²) in [4.78, 5) is 34.6. The number of rotatable bonds is 5. The van der Waals surface area contributed by atoms with Crippen molar-refractivity contribution in [3.05, 3.63) is 70.4 Å². The number of para-hydroxylation sites is 1. The van der Waals surface area contributed by atoms with E-state index in [9.17, 15) is 9.59 Å². The highest BCUT2D eigenvalue weighted by Crippen LogP contribution is 2.28. The Hall–Kier alpha value is -3.65. The van der Waals surface area contributed by atoms with Crippen LogP contribution in [-0.4, -0.2) is 40.8 Å². The van der Waals surface area contributed by atoms with E-state index in [1.165, 1.54) is 11.8 Å². The van der Waals surface area contributed by atoms with Crippen molar-refractivity contribution < 1.29 is 9.59 Å². The number of aryl methyl sites for hydroxylation is 1. The fourth-order valence-corrected chi connectivity index (χ4v) is 3.71. The number of nitrogens with one attached hydrogen (secondary N) is 3. The molecule has 1 aromatic heterocycles. The van der Waals surface area contributed by atoms with Crippen molar-refractivity contribution in [2.45, 2.75) is 19.4 Å². The van der Waals surface area contributed by atoms with Gasteiger partial charge in [-0.3, -0.25) is 9.59 Å². The highest BCUT2D eigenvalue weighted by atomic mass is 35.5. The first kappa shape index (κ1) is 21.6. The van der Waals surface area contributed by atoms with Gasteiger partial charge in [0.2, 0.25) is 11.9 Å². The van der Waals surface area contributed by atoms with Crippen LogP contribution in [0.15, 0.2) is 48.7 Å². The van der Waals surface area contributed by atoms with Crippen LogP contribution in [0.1, 0.15) is 27.9 Å². The molecule has 0 bridgehead atoms. The zero-order chi connectivity index (χ0) is 22.7. The molecule has 0 spiro atoms. The zero-order valence-corrected chi connectivity index (χ0v) is 18.5. The fraction of sp³-hybridized carbons (Fsp3) is 0.217. The van der Waals surface area contributed by atoms with E-state index in [0.29, 0.717) is 41.0 Å². The molecule has 1 aliphatic rings. The lowest BCUT2D eigenvalue weighted by atomic mass is 10.0. The number of carbonyl (C=O) groups is 2. The molecule has 0 saturated carbocycles. The molecule has 0 radical (unpaired) electrons. The minimum absolute atomic E-state index is 0.143. The number of hydrogen-bond donors (Lipinski definition) is 3. The lowest BCUT2D eigenvalue weighted by Gasteiger charge is -2.16. The summed E-state index contributed by atoms with van der Waals surface area (Å²) >= 11 is 6.30. The normalized spacial score (nSPS) is 13.2. The van der Waals surface area contributed by atoms with E-state index >= 15 is 0 Å². The molecular weight excluding hydrogens is 428 g/mol. The molecule has 0 fully saturated rings. The van der Waals surface area contributed by atoms with Crippen LogP contribution in [0.2, 0.25) is 5.02 Å². The Balaban J connectivity index is 1.58. The summed E-state index contributed by atoms with van der Waals surface area (Å²) in [5, 5.41) is 9.27. The molecule has 2 aromatic carbocycles. The van der Waals surface area contributed by atoms with Gasteiger partial charge < -0.3 is 20.9 Å². The quantitative estimate of drug-likeness (QED) is 0.545. The number of benzene rings is 2. The molecule has 3 N–H and O–H groups in total. The number of amides is 2. The second kappa shape index (κ2) is 9.23. The molecule has 4 rings (SSSR count). The van der Waals surface area contributed by atoms with Crippen LogP contribution < -0.4 is 16.0 Å². The SMILES string of the molecule is CNC(=O)c1ccccc1Nc1nc(Nc2ccc3c(c2)CN(C)C(=O)CC3)ncc1Cl. The Morgan fingerprint density at radius 1 is 1.09 bits per heavy atom. The Labute approximate surface area is 191 Å². The average Bonchev–Trinajstić information content (AvgIpc) is 2.93. The topological polar surface area (TPSA) is 99.2 Å². The van der Waals surface area contributed by atoms with Gasteiger partial charge in [-0.15, -0.1) is 0 Å². The van der Waals surface area contributed by atoms with Crippen molar-refractivity contribution >= 4 is 46.6 Å². The third-order valence-corrected chi connectivity index (χ3v) is 5.58. The van der Waals surface area contributed by atoms with Crippen LogP contribution in [0.25, 0.3) is 0 Å². The van der Waals surface area contributed by atoms with E-state index in [1.54, 1.807) is 30.1 Å². The van der Waals surface area contributed by atoms with Crippen LogP contribution in [0, 0.1) is 0 Å². The number of halogens is 1. The number of anilines is 4. The minimum Gasteiger partial charge on any atom is -0.355 e. The molecule has 3 aromatic rings. The Kier molecular flexibility index (Phi) is 6.23. The summed E-state index contributed by atoms with van der Waals surface area (Å²) in [5.74, 6) is 0.655. The largest absolute Gasteiger partial charge is 0.355 e. The van der Waals surface area contributed by atoms with E-state index in [0.717, 1.165) is 17.7 Å². The number of fused-ring (bicyclic) bond motifs is 1. The predicted octanol–water partition coefficient (Wildman–Crippen LogP) is 3.88. The van der Waals surface area contributed by atoms with Crippen LogP contribution in [0.4, 0.5) is 23.1 Å². The highest BCUT2D eigenvalue weighted by Gasteiger charge is 2.18. The van der Waals surface area contributed by atoms with Crippen molar-refractivity contribution in [1.82, 2.24) is 20.2 Å². The van der Waals surface area contributed by atoms with E-state index in [1.807, 2.05) is 31.3 Å². The smallest absolute Gasteiger partial charge is 0.253 e. The van der Waals surface area contributed by atoms with Crippen LogP contribution in [0.5, 0.6) is 0 Å². The average molecular weight is 451 g/mol. The van der Waals surface area contributed by atoms with Crippen molar-refractivity contribution in [2.75, 3.05) is 24.7 Å². The molecule has 1 aliphatic heterocycles. The Morgan fingerprint density at radius 2 is 1.91 bits per heavy atom. The highest BCUT2D eigenvalue weighted by molar-refractivity contribution is 6.33. The molecule has 0 aliphatic carbocycles. The molecule has 0 unspecified atom stereocenters. The number of aromatic nitrogens is 2. The fourth-order valence-electron chi connectivity index (χ4n) is 3.57. The van der Waals surface area contributed by atoms with Gasteiger partial charge in [-0.2, -0.15) is 4.98 Å². The van der Waals surface area contributed by atoms with Gasteiger partial charge >= 0.3 is 0 Å². The standard InChI is InChI=1S/C23H23ClN6O2/c1-25-22(32)17-5-3-4-6-19(17)28-21-18(24)12-26-23(29-21)27-16-9-7-14-8-10-20(31)30(2)13-15(14)11-16/h3-7,9,11-12H,8,10,13H2,1-2H3,(H,25,32)(H2,26,27,28,29). The van der Waals surface area contributed by atoms with E-state index in [4.69, 9.17) is 11.6 Å². The first-order valence-corrected chi connectivity index (χ1v) is 10.6. The van der Waals surface area contributed by atoms with Crippen LogP contribution >= 0.6 is 11.6 Å². The van der Waals surface area contributed by atoms with Crippen molar-refractivity contribution in [2.24, 2.45) is 0 Å². The molecule has 8 nitrogen and oxygen atoms in total. The molecule has 9 heteroatoms. The lowest BCUT2D eigenvalue weighted by molar-refractivity contribution is -0.130.